The molecule has 0 aromatic carbocycles. The summed E-state index contributed by atoms with van der Waals surface area (Å²) in [7, 11) is 0. The first kappa shape index (κ1) is 5.66. The lowest BCUT2D eigenvalue weighted by atomic mass is 10.0. The zero-order chi connectivity index (χ0) is 6.27. The molecule has 0 radical (unpaired) electrons. The fraction of sp³-hybridized carbons (Fsp3) is 0.857. The summed E-state index contributed by atoms with van der Waals surface area (Å²) in [6.07, 6.45) is 4.14. The van der Waals surface area contributed by atoms with Crippen molar-refractivity contribution in [3.05, 3.63) is 0 Å². The second-order valence-electron chi connectivity index (χ2n) is 3.04. The highest BCUT2D eigenvalue weighted by Gasteiger charge is 2.34. The van der Waals surface area contributed by atoms with Crippen molar-refractivity contribution < 1.29 is 0 Å². The van der Waals surface area contributed by atoms with Crippen LogP contribution in [0, 0.1) is 11.8 Å². The number of thiocarbonyl (C=S) groups is 1. The van der Waals surface area contributed by atoms with Crippen molar-refractivity contribution in [2.24, 2.45) is 11.8 Å². The highest BCUT2D eigenvalue weighted by molar-refractivity contribution is 7.80. The number of nitrogens with one attached hydrogen (secondary N) is 1. The van der Waals surface area contributed by atoms with Crippen LogP contribution in [0.15, 0.2) is 0 Å². The van der Waals surface area contributed by atoms with Gasteiger partial charge in [-0.25, -0.2) is 0 Å². The topological polar surface area (TPSA) is 12.0 Å². The van der Waals surface area contributed by atoms with Crippen LogP contribution in [0.1, 0.15) is 19.3 Å². The molecule has 0 bridgehead atoms. The summed E-state index contributed by atoms with van der Waals surface area (Å²) in [5.74, 6) is 1.66. The minimum Gasteiger partial charge on any atom is -0.379 e. The molecule has 2 fully saturated rings. The van der Waals surface area contributed by atoms with Crippen LogP contribution in [0.3, 0.4) is 0 Å². The first-order valence-corrected chi connectivity index (χ1v) is 4.06. The summed E-state index contributed by atoms with van der Waals surface area (Å²) < 4.78 is 0. The van der Waals surface area contributed by atoms with E-state index >= 15 is 0 Å². The molecule has 1 saturated carbocycles. The highest BCUT2D eigenvalue weighted by atomic mass is 32.1. The molecule has 0 aromatic heterocycles. The van der Waals surface area contributed by atoms with Crippen LogP contribution in [0.5, 0.6) is 0 Å². The molecule has 50 valence electrons. The van der Waals surface area contributed by atoms with E-state index in [-0.39, 0.29) is 0 Å². The SMILES string of the molecule is S=C1NCC2CCCC12. The van der Waals surface area contributed by atoms with E-state index in [0.29, 0.717) is 0 Å². The van der Waals surface area contributed by atoms with E-state index in [4.69, 9.17) is 12.2 Å². The molecule has 2 rings (SSSR count). The fourth-order valence-electron chi connectivity index (χ4n) is 1.99. The van der Waals surface area contributed by atoms with Gasteiger partial charge in [0.1, 0.15) is 0 Å². The molecule has 0 spiro atoms. The lowest BCUT2D eigenvalue weighted by molar-refractivity contribution is 0.534. The van der Waals surface area contributed by atoms with Gasteiger partial charge in [0.2, 0.25) is 0 Å². The number of rotatable bonds is 0. The molecular weight excluding hydrogens is 130 g/mol. The minimum absolute atomic E-state index is 0.764. The van der Waals surface area contributed by atoms with Crippen molar-refractivity contribution in [1.29, 1.82) is 0 Å². The van der Waals surface area contributed by atoms with Gasteiger partial charge >= 0.3 is 0 Å². The molecule has 1 heterocycles. The predicted octanol–water partition coefficient (Wildman–Crippen LogP) is 1.33. The summed E-state index contributed by atoms with van der Waals surface area (Å²) in [4.78, 5) is 1.14. The van der Waals surface area contributed by atoms with E-state index in [1.54, 1.807) is 0 Å². The van der Waals surface area contributed by atoms with E-state index < -0.39 is 0 Å². The average molecular weight is 141 g/mol. The Morgan fingerprint density at radius 2 is 2.33 bits per heavy atom. The summed E-state index contributed by atoms with van der Waals surface area (Å²) in [6, 6.07) is 0. The monoisotopic (exact) mass is 141 g/mol. The van der Waals surface area contributed by atoms with Gasteiger partial charge in [0, 0.05) is 12.5 Å². The molecule has 0 amide bonds. The minimum atomic E-state index is 0.764. The predicted molar refractivity (Wildman–Crippen MR) is 41.4 cm³/mol. The number of fused-ring (bicyclic) bond motifs is 1. The molecular formula is C7H11NS. The van der Waals surface area contributed by atoms with Crippen LogP contribution in [-0.4, -0.2) is 11.5 Å². The van der Waals surface area contributed by atoms with Gasteiger partial charge in [0.25, 0.3) is 0 Å². The van der Waals surface area contributed by atoms with E-state index in [0.717, 1.165) is 23.4 Å². The molecule has 2 unspecified atom stereocenters. The Kier molecular flexibility index (Phi) is 1.22. The fourth-order valence-corrected chi connectivity index (χ4v) is 2.38. The Labute approximate surface area is 60.8 Å². The molecule has 1 aliphatic heterocycles. The number of hydrogen-bond donors (Lipinski definition) is 1. The van der Waals surface area contributed by atoms with Gasteiger partial charge in [0.05, 0.1) is 4.99 Å². The van der Waals surface area contributed by atoms with Crippen molar-refractivity contribution in [1.82, 2.24) is 5.32 Å². The van der Waals surface area contributed by atoms with Gasteiger partial charge in [0.15, 0.2) is 0 Å². The number of hydrogen-bond acceptors (Lipinski definition) is 1. The zero-order valence-electron chi connectivity index (χ0n) is 5.39. The molecule has 2 aliphatic rings. The summed E-state index contributed by atoms with van der Waals surface area (Å²) in [5, 5.41) is 3.25. The molecule has 1 nitrogen and oxygen atoms in total. The lowest BCUT2D eigenvalue weighted by Crippen LogP contribution is -2.16. The van der Waals surface area contributed by atoms with Gasteiger partial charge in [-0.2, -0.15) is 0 Å². The molecule has 1 N–H and O–H groups in total. The van der Waals surface area contributed by atoms with Crippen molar-refractivity contribution in [3.8, 4) is 0 Å². The Balaban J connectivity index is 2.15. The Hall–Kier alpha value is -0.110. The van der Waals surface area contributed by atoms with Gasteiger partial charge in [-0.1, -0.05) is 18.6 Å². The van der Waals surface area contributed by atoms with Crippen molar-refractivity contribution in [3.63, 3.8) is 0 Å². The van der Waals surface area contributed by atoms with Crippen LogP contribution in [0.4, 0.5) is 0 Å². The Morgan fingerprint density at radius 1 is 1.44 bits per heavy atom. The first-order valence-electron chi connectivity index (χ1n) is 3.65. The zero-order valence-corrected chi connectivity index (χ0v) is 6.21. The van der Waals surface area contributed by atoms with Crippen molar-refractivity contribution in [2.45, 2.75) is 19.3 Å². The molecule has 0 aromatic rings. The third-order valence-corrected chi connectivity index (χ3v) is 2.98. The van der Waals surface area contributed by atoms with E-state index in [2.05, 4.69) is 5.32 Å². The Bertz CT molecular complexity index is 144. The first-order chi connectivity index (χ1) is 4.38. The third-order valence-electron chi connectivity index (χ3n) is 2.53. The summed E-state index contributed by atoms with van der Waals surface area (Å²) in [6.45, 7) is 1.16. The highest BCUT2D eigenvalue weighted by Crippen LogP contribution is 2.35. The maximum Gasteiger partial charge on any atom is 0.0788 e. The van der Waals surface area contributed by atoms with Gasteiger partial charge in [-0.15, -0.1) is 0 Å². The smallest absolute Gasteiger partial charge is 0.0788 e. The maximum atomic E-state index is 5.15. The normalized spacial score (nSPS) is 40.7. The van der Waals surface area contributed by atoms with Crippen LogP contribution < -0.4 is 5.32 Å². The average Bonchev–Trinajstić information content (AvgIpc) is 2.35. The Morgan fingerprint density at radius 3 is 3.11 bits per heavy atom. The molecule has 1 saturated heterocycles. The molecule has 9 heavy (non-hydrogen) atoms. The second kappa shape index (κ2) is 1.94. The van der Waals surface area contributed by atoms with Crippen LogP contribution >= 0.6 is 12.2 Å². The van der Waals surface area contributed by atoms with E-state index in [1.165, 1.54) is 19.3 Å². The van der Waals surface area contributed by atoms with Crippen LogP contribution in [-0.2, 0) is 0 Å². The van der Waals surface area contributed by atoms with Crippen LogP contribution in [0.25, 0.3) is 0 Å². The van der Waals surface area contributed by atoms with Crippen molar-refractivity contribution >= 4 is 17.2 Å². The molecule has 2 heteroatoms. The summed E-state index contributed by atoms with van der Waals surface area (Å²) in [5.41, 5.74) is 0. The molecule has 1 aliphatic carbocycles. The second-order valence-corrected chi connectivity index (χ2v) is 3.48. The third kappa shape index (κ3) is 0.767. The lowest BCUT2D eigenvalue weighted by Gasteiger charge is -2.03. The largest absolute Gasteiger partial charge is 0.379 e. The van der Waals surface area contributed by atoms with Crippen molar-refractivity contribution in [2.75, 3.05) is 6.54 Å². The van der Waals surface area contributed by atoms with Gasteiger partial charge in [-0.3, -0.25) is 0 Å². The van der Waals surface area contributed by atoms with E-state index in [1.807, 2.05) is 0 Å². The standard InChI is InChI=1S/C7H11NS/c9-7-6-3-1-2-5(6)4-8-7/h5-6H,1-4H2,(H,8,9). The quantitative estimate of drug-likeness (QED) is 0.511. The molecule has 2 atom stereocenters. The maximum absolute atomic E-state index is 5.15. The van der Waals surface area contributed by atoms with E-state index in [9.17, 15) is 0 Å². The van der Waals surface area contributed by atoms with Crippen LogP contribution in [0.2, 0.25) is 0 Å². The van der Waals surface area contributed by atoms with Gasteiger partial charge in [-0.05, 0) is 18.8 Å². The van der Waals surface area contributed by atoms with Gasteiger partial charge < -0.3 is 5.32 Å². The summed E-state index contributed by atoms with van der Waals surface area (Å²) >= 11 is 5.15.